The molecule has 0 aromatic heterocycles. The van der Waals surface area contributed by atoms with Crippen LogP contribution in [0.2, 0.25) is 0 Å². The molecule has 7 fully saturated rings. The van der Waals surface area contributed by atoms with Gasteiger partial charge in [-0.15, -0.1) is 0 Å². The van der Waals surface area contributed by atoms with Gasteiger partial charge in [0.05, 0.1) is 11.7 Å². The molecule has 0 amide bonds. The summed E-state index contributed by atoms with van der Waals surface area (Å²) in [5.41, 5.74) is -8.96. The minimum Gasteiger partial charge on any atom is -0.453 e. The second kappa shape index (κ2) is 8.57. The fraction of sp³-hybridized carbons (Fsp3) is 0.906. The third kappa shape index (κ3) is 3.07. The number of ether oxygens (including phenoxy) is 2. The summed E-state index contributed by atoms with van der Waals surface area (Å²) in [4.78, 5) is 14.9. The van der Waals surface area contributed by atoms with Gasteiger partial charge >= 0.3 is 5.97 Å². The third-order valence-electron chi connectivity index (χ3n) is 14.1. The van der Waals surface area contributed by atoms with Gasteiger partial charge in [0, 0.05) is 60.7 Å². The standard InChI is InChI=1S/C32H49NO9/c1-6-18(3)25(35)41-24-11-12-26(4)19-8-9-20-28(37)13-23(34)31(39)21(29(28,38)16-30(20,26)42-32(19,24)40)15-33-14-17(2)7-10-22(33)27(31,5)36/h6,17,19-24,34,36-40H,7-16H2,1-5H3/b18-6-/t17-,19?,20-,21-,22-,23-,24-,26-,27+,28+,29+,30+,31-,32?/m0/s1. The Bertz CT molecular complexity index is 1220. The minimum atomic E-state index is -2.06. The van der Waals surface area contributed by atoms with E-state index in [0.717, 1.165) is 6.42 Å². The highest BCUT2D eigenvalue weighted by Gasteiger charge is 2.88. The minimum absolute atomic E-state index is 0.0606. The molecule has 10 nitrogen and oxygen atoms in total. The predicted molar refractivity (Wildman–Crippen MR) is 150 cm³/mol. The van der Waals surface area contributed by atoms with Gasteiger partial charge in [-0.1, -0.05) is 19.9 Å². The summed E-state index contributed by atoms with van der Waals surface area (Å²) in [5, 5.41) is 73.9. The number of hydrogen-bond acceptors (Lipinski definition) is 10. The van der Waals surface area contributed by atoms with Crippen molar-refractivity contribution in [2.24, 2.45) is 29.1 Å². The third-order valence-corrected chi connectivity index (χ3v) is 14.1. The van der Waals surface area contributed by atoms with E-state index in [1.807, 2.05) is 6.92 Å². The number of aliphatic hydroxyl groups excluding tert-OH is 1. The average Bonchev–Trinajstić information content (AvgIpc) is 3.09. The van der Waals surface area contributed by atoms with Gasteiger partial charge in [-0.25, -0.2) is 4.79 Å². The lowest BCUT2D eigenvalue weighted by atomic mass is 9.49. The molecule has 2 unspecified atom stereocenters. The highest BCUT2D eigenvalue weighted by Crippen LogP contribution is 2.78. The van der Waals surface area contributed by atoms with Crippen molar-refractivity contribution in [3.8, 4) is 0 Å². The Morgan fingerprint density at radius 1 is 0.952 bits per heavy atom. The zero-order chi connectivity index (χ0) is 30.5. The number of carbonyl (C=O) groups excluding carboxylic acids is 1. The summed E-state index contributed by atoms with van der Waals surface area (Å²) in [7, 11) is 0. The van der Waals surface area contributed by atoms with Crippen molar-refractivity contribution < 1.29 is 44.9 Å². The van der Waals surface area contributed by atoms with E-state index in [4.69, 9.17) is 9.47 Å². The SMILES string of the molecule is C/C=C(/C)C(=O)O[C@H]1CC[C@@]2(C)C3CC[C@H]4[C@]5(O)C[C@H](O)[C@@]6(O)[C@@H](CN7C[C@@H](C)CC[C@H]7[C@@]6(C)O)[C@]5(O)C[C@@]42OC31O. The number of fused-ring (bicyclic) bond motifs is 5. The molecule has 7 rings (SSSR count). The first kappa shape index (κ1) is 29.6. The van der Waals surface area contributed by atoms with Gasteiger partial charge in [0.1, 0.15) is 22.4 Å². The molecule has 0 aromatic rings. The molecular weight excluding hydrogens is 542 g/mol. The molecule has 3 saturated heterocycles. The Labute approximate surface area is 247 Å². The monoisotopic (exact) mass is 591 g/mol. The summed E-state index contributed by atoms with van der Waals surface area (Å²) in [6.07, 6.45) is 2.30. The van der Waals surface area contributed by atoms with Crippen molar-refractivity contribution in [1.82, 2.24) is 4.90 Å². The predicted octanol–water partition coefficient (Wildman–Crippen LogP) is 0.991. The van der Waals surface area contributed by atoms with Crippen LogP contribution in [0.5, 0.6) is 0 Å². The lowest BCUT2D eigenvalue weighted by molar-refractivity contribution is -0.354. The maximum Gasteiger partial charge on any atom is 0.333 e. The molecule has 42 heavy (non-hydrogen) atoms. The molecule has 7 aliphatic rings. The molecule has 14 atom stereocenters. The maximum absolute atomic E-state index is 12.9. The molecule has 1 spiro atoms. The van der Waals surface area contributed by atoms with Crippen LogP contribution in [0.1, 0.15) is 86.0 Å². The normalized spacial score (nSPS) is 60.3. The number of nitrogens with zero attached hydrogens (tertiary/aromatic N) is 1. The van der Waals surface area contributed by atoms with E-state index in [1.165, 1.54) is 0 Å². The van der Waals surface area contributed by atoms with Gasteiger partial charge in [0.15, 0.2) is 6.10 Å². The fourth-order valence-corrected chi connectivity index (χ4v) is 11.8. The lowest BCUT2D eigenvalue weighted by Gasteiger charge is -2.68. The van der Waals surface area contributed by atoms with E-state index < -0.39 is 75.1 Å². The number of esters is 1. The highest BCUT2D eigenvalue weighted by molar-refractivity contribution is 5.87. The molecule has 10 heteroatoms. The highest BCUT2D eigenvalue weighted by atomic mass is 16.7. The molecule has 4 aliphatic carbocycles. The van der Waals surface area contributed by atoms with Crippen LogP contribution >= 0.6 is 0 Å². The number of allylic oxidation sites excluding steroid dienone is 1. The Hall–Kier alpha value is -1.11. The Balaban J connectivity index is 1.32. The Kier molecular flexibility index (Phi) is 6.04. The smallest absolute Gasteiger partial charge is 0.333 e. The van der Waals surface area contributed by atoms with E-state index in [1.54, 1.807) is 26.8 Å². The van der Waals surface area contributed by atoms with Crippen molar-refractivity contribution in [2.45, 2.75) is 138 Å². The van der Waals surface area contributed by atoms with Crippen molar-refractivity contribution >= 4 is 5.97 Å². The van der Waals surface area contributed by atoms with Crippen molar-refractivity contribution in [1.29, 1.82) is 0 Å². The van der Waals surface area contributed by atoms with E-state index in [-0.39, 0.29) is 25.4 Å². The zero-order valence-corrected chi connectivity index (χ0v) is 25.5. The van der Waals surface area contributed by atoms with Crippen LogP contribution in [0.15, 0.2) is 11.6 Å². The Morgan fingerprint density at radius 3 is 2.33 bits per heavy atom. The number of hydrogen-bond donors (Lipinski definition) is 6. The first-order chi connectivity index (χ1) is 19.5. The van der Waals surface area contributed by atoms with Crippen LogP contribution in [-0.2, 0) is 14.3 Å². The van der Waals surface area contributed by atoms with Crippen LogP contribution in [0.3, 0.4) is 0 Å². The van der Waals surface area contributed by atoms with Gasteiger partial charge in [-0.3, -0.25) is 4.90 Å². The molecule has 0 radical (unpaired) electrons. The summed E-state index contributed by atoms with van der Waals surface area (Å²) < 4.78 is 12.6. The van der Waals surface area contributed by atoms with Gasteiger partial charge < -0.3 is 40.1 Å². The van der Waals surface area contributed by atoms with Gasteiger partial charge in [0.2, 0.25) is 5.79 Å². The van der Waals surface area contributed by atoms with E-state index in [0.29, 0.717) is 50.1 Å². The van der Waals surface area contributed by atoms with Crippen molar-refractivity contribution in [3.05, 3.63) is 11.6 Å². The van der Waals surface area contributed by atoms with Crippen LogP contribution in [-0.4, -0.2) is 107 Å². The van der Waals surface area contributed by atoms with E-state index >= 15 is 0 Å². The summed E-state index contributed by atoms with van der Waals surface area (Å²) in [6, 6.07) is -0.387. The first-order valence-corrected chi connectivity index (χ1v) is 16.0. The quantitative estimate of drug-likeness (QED) is 0.202. The molecular formula is C32H49NO9. The molecule has 3 aliphatic heterocycles. The van der Waals surface area contributed by atoms with Crippen LogP contribution in [0.4, 0.5) is 0 Å². The molecule has 3 heterocycles. The van der Waals surface area contributed by atoms with Gasteiger partial charge in [-0.2, -0.15) is 0 Å². The average molecular weight is 592 g/mol. The van der Waals surface area contributed by atoms with E-state index in [2.05, 4.69) is 11.8 Å². The van der Waals surface area contributed by atoms with Crippen LogP contribution in [0.25, 0.3) is 0 Å². The number of carbonyl (C=O) groups is 1. The Morgan fingerprint density at radius 2 is 1.64 bits per heavy atom. The molecule has 4 bridgehead atoms. The maximum atomic E-state index is 12.9. The zero-order valence-electron chi connectivity index (χ0n) is 25.5. The second-order valence-electron chi connectivity index (χ2n) is 15.7. The van der Waals surface area contributed by atoms with Crippen LogP contribution in [0, 0.1) is 29.1 Å². The van der Waals surface area contributed by atoms with Crippen molar-refractivity contribution in [2.75, 3.05) is 13.1 Å². The van der Waals surface area contributed by atoms with Gasteiger partial charge in [-0.05, 0) is 65.2 Å². The molecule has 4 saturated carbocycles. The topological polar surface area (TPSA) is 160 Å². The largest absolute Gasteiger partial charge is 0.453 e. The lowest BCUT2D eigenvalue weighted by Crippen LogP contribution is -2.85. The van der Waals surface area contributed by atoms with Crippen molar-refractivity contribution in [3.63, 3.8) is 0 Å². The fourth-order valence-electron chi connectivity index (χ4n) is 11.8. The molecule has 0 aromatic carbocycles. The van der Waals surface area contributed by atoms with E-state index in [9.17, 15) is 35.4 Å². The van der Waals surface area contributed by atoms with Gasteiger partial charge in [0.25, 0.3) is 0 Å². The number of aliphatic hydroxyl groups is 6. The summed E-state index contributed by atoms with van der Waals surface area (Å²) in [5.74, 6) is -4.05. The van der Waals surface area contributed by atoms with Crippen LogP contribution < -0.4 is 0 Å². The first-order valence-electron chi connectivity index (χ1n) is 16.0. The number of piperidine rings is 2. The summed E-state index contributed by atoms with van der Waals surface area (Å²) in [6.45, 7) is 10.1. The molecule has 236 valence electrons. The molecule has 6 N–H and O–H groups in total. The summed E-state index contributed by atoms with van der Waals surface area (Å²) >= 11 is 0. The number of rotatable bonds is 2. The second-order valence-corrected chi connectivity index (χ2v) is 15.7.